The molecule has 21 heavy (non-hydrogen) atoms. The number of hydrogen-bond acceptors (Lipinski definition) is 3. The third-order valence-electron chi connectivity index (χ3n) is 3.84. The molecule has 0 unspecified atom stereocenters. The topological polar surface area (TPSA) is 59.2 Å². The van der Waals surface area contributed by atoms with Gasteiger partial charge in [0.05, 0.1) is 12.2 Å². The van der Waals surface area contributed by atoms with Gasteiger partial charge in [0.2, 0.25) is 5.91 Å². The Kier molecular flexibility index (Phi) is 6.82. The minimum Gasteiger partial charge on any atom is -0.334 e. The molecular weight excluding hydrogens is 262 g/mol. The first kappa shape index (κ1) is 17.6. The minimum absolute atomic E-state index is 0.123. The quantitative estimate of drug-likeness (QED) is 0.801. The summed E-state index contributed by atoms with van der Waals surface area (Å²) in [6.45, 7) is 9.69. The molecule has 0 bridgehead atoms. The molecule has 0 atom stereocenters. The van der Waals surface area contributed by atoms with Crippen molar-refractivity contribution < 1.29 is 4.79 Å². The van der Waals surface area contributed by atoms with Crippen molar-refractivity contribution in [2.24, 2.45) is 11.1 Å². The van der Waals surface area contributed by atoms with Crippen LogP contribution in [0.5, 0.6) is 0 Å². The molecule has 0 spiro atoms. The molecule has 1 aromatic heterocycles. The number of pyridine rings is 1. The van der Waals surface area contributed by atoms with Gasteiger partial charge in [0, 0.05) is 18.7 Å². The Balaban J connectivity index is 2.62. The molecule has 1 heterocycles. The maximum absolute atomic E-state index is 12.5. The van der Waals surface area contributed by atoms with Gasteiger partial charge in [-0.3, -0.25) is 9.78 Å². The van der Waals surface area contributed by atoms with E-state index in [9.17, 15) is 4.79 Å². The van der Waals surface area contributed by atoms with E-state index in [1.807, 2.05) is 36.9 Å². The highest BCUT2D eigenvalue weighted by atomic mass is 16.2. The van der Waals surface area contributed by atoms with Crippen molar-refractivity contribution in [3.8, 4) is 0 Å². The van der Waals surface area contributed by atoms with E-state index in [1.54, 1.807) is 6.20 Å². The summed E-state index contributed by atoms with van der Waals surface area (Å²) in [4.78, 5) is 18.7. The summed E-state index contributed by atoms with van der Waals surface area (Å²) in [6.07, 6.45) is 4.15. The van der Waals surface area contributed by atoms with Gasteiger partial charge < -0.3 is 10.6 Å². The summed E-state index contributed by atoms with van der Waals surface area (Å²) in [7, 11) is 0. The molecule has 1 aromatic rings. The fourth-order valence-electron chi connectivity index (χ4n) is 2.33. The monoisotopic (exact) mass is 291 g/mol. The Bertz CT molecular complexity index is 429. The molecule has 1 amide bonds. The van der Waals surface area contributed by atoms with E-state index in [4.69, 9.17) is 5.73 Å². The zero-order valence-electron chi connectivity index (χ0n) is 13.8. The van der Waals surface area contributed by atoms with Crippen LogP contribution in [0.4, 0.5) is 0 Å². The highest BCUT2D eigenvalue weighted by molar-refractivity contribution is 5.76. The number of nitrogens with two attached hydrogens (primary N) is 1. The van der Waals surface area contributed by atoms with Crippen molar-refractivity contribution >= 4 is 5.91 Å². The van der Waals surface area contributed by atoms with E-state index in [-0.39, 0.29) is 17.4 Å². The number of aromatic nitrogens is 1. The maximum atomic E-state index is 12.5. The van der Waals surface area contributed by atoms with Gasteiger partial charge in [-0.25, -0.2) is 0 Å². The molecule has 2 N–H and O–H groups in total. The van der Waals surface area contributed by atoms with Crippen LogP contribution >= 0.6 is 0 Å². The summed E-state index contributed by atoms with van der Waals surface area (Å²) < 4.78 is 0. The van der Waals surface area contributed by atoms with Crippen LogP contribution in [0, 0.1) is 5.41 Å². The average molecular weight is 291 g/mol. The lowest BCUT2D eigenvalue weighted by atomic mass is 9.84. The van der Waals surface area contributed by atoms with E-state index in [1.165, 1.54) is 0 Å². The van der Waals surface area contributed by atoms with E-state index in [0.29, 0.717) is 19.5 Å². The number of carbonyl (C=O) groups is 1. The first-order valence-electron chi connectivity index (χ1n) is 7.75. The molecule has 0 aliphatic heterocycles. The Morgan fingerprint density at radius 1 is 1.33 bits per heavy atom. The highest BCUT2D eigenvalue weighted by Gasteiger charge is 2.22. The number of nitrogens with zero attached hydrogens (tertiary/aromatic N) is 2. The van der Waals surface area contributed by atoms with Crippen LogP contribution in [0.1, 0.15) is 52.7 Å². The summed E-state index contributed by atoms with van der Waals surface area (Å²) in [5.74, 6) is 0.195. The Morgan fingerprint density at radius 2 is 2.05 bits per heavy atom. The first-order chi connectivity index (χ1) is 9.85. The maximum Gasteiger partial charge on any atom is 0.223 e. The van der Waals surface area contributed by atoms with Gasteiger partial charge >= 0.3 is 0 Å². The largest absolute Gasteiger partial charge is 0.334 e. The molecule has 0 aliphatic carbocycles. The Labute approximate surface area is 128 Å². The van der Waals surface area contributed by atoms with E-state index < -0.39 is 0 Å². The van der Waals surface area contributed by atoms with E-state index in [2.05, 4.69) is 18.8 Å². The standard InChI is InChI=1S/C17H29N3O/c1-14(2)20(13-15-7-5-6-12-19-15)16(21)8-9-17(3,4)10-11-18/h5-7,12,14H,8-11,13,18H2,1-4H3. The van der Waals surface area contributed by atoms with Crippen molar-refractivity contribution in [2.75, 3.05) is 6.54 Å². The van der Waals surface area contributed by atoms with Gasteiger partial charge in [-0.2, -0.15) is 0 Å². The molecule has 0 radical (unpaired) electrons. The van der Waals surface area contributed by atoms with Gasteiger partial charge in [-0.15, -0.1) is 0 Å². The predicted octanol–water partition coefficient (Wildman–Crippen LogP) is 2.97. The normalized spacial score (nSPS) is 11.7. The molecule has 0 saturated heterocycles. The molecule has 0 saturated carbocycles. The Morgan fingerprint density at radius 3 is 2.57 bits per heavy atom. The van der Waals surface area contributed by atoms with Crippen LogP contribution in [-0.4, -0.2) is 28.4 Å². The lowest BCUT2D eigenvalue weighted by molar-refractivity contribution is -0.134. The van der Waals surface area contributed by atoms with Crippen LogP contribution < -0.4 is 5.73 Å². The van der Waals surface area contributed by atoms with Crippen LogP contribution in [0.15, 0.2) is 24.4 Å². The molecule has 118 valence electrons. The molecule has 0 fully saturated rings. The third-order valence-corrected chi connectivity index (χ3v) is 3.84. The van der Waals surface area contributed by atoms with E-state index >= 15 is 0 Å². The second-order valence-corrected chi connectivity index (χ2v) is 6.64. The highest BCUT2D eigenvalue weighted by Crippen LogP contribution is 2.26. The van der Waals surface area contributed by atoms with Crippen LogP contribution in [0.3, 0.4) is 0 Å². The number of hydrogen-bond donors (Lipinski definition) is 1. The fourth-order valence-corrected chi connectivity index (χ4v) is 2.33. The first-order valence-corrected chi connectivity index (χ1v) is 7.75. The molecule has 4 heteroatoms. The summed E-state index contributed by atoms with van der Waals surface area (Å²) >= 11 is 0. The predicted molar refractivity (Wildman–Crippen MR) is 86.6 cm³/mol. The fraction of sp³-hybridized carbons (Fsp3) is 0.647. The van der Waals surface area contributed by atoms with Gasteiger partial charge in [0.15, 0.2) is 0 Å². The van der Waals surface area contributed by atoms with Gasteiger partial charge in [-0.05, 0) is 50.8 Å². The minimum atomic E-state index is 0.123. The third kappa shape index (κ3) is 6.25. The molecule has 0 aliphatic rings. The molecular formula is C17H29N3O. The van der Waals surface area contributed by atoms with Crippen molar-refractivity contribution in [2.45, 2.75) is 59.5 Å². The average Bonchev–Trinajstić information content (AvgIpc) is 2.43. The van der Waals surface area contributed by atoms with Gasteiger partial charge in [0.1, 0.15) is 0 Å². The SMILES string of the molecule is CC(C)N(Cc1ccccn1)C(=O)CCC(C)(C)CCN. The van der Waals surface area contributed by atoms with Crippen molar-refractivity contribution in [1.82, 2.24) is 9.88 Å². The second-order valence-electron chi connectivity index (χ2n) is 6.64. The van der Waals surface area contributed by atoms with Crippen LogP contribution in [0.2, 0.25) is 0 Å². The van der Waals surface area contributed by atoms with Crippen LogP contribution in [-0.2, 0) is 11.3 Å². The van der Waals surface area contributed by atoms with Crippen LogP contribution in [0.25, 0.3) is 0 Å². The summed E-state index contributed by atoms with van der Waals surface area (Å²) in [5, 5.41) is 0. The zero-order valence-corrected chi connectivity index (χ0v) is 13.8. The summed E-state index contributed by atoms with van der Waals surface area (Å²) in [6, 6.07) is 5.98. The number of amides is 1. The van der Waals surface area contributed by atoms with Gasteiger partial charge in [-0.1, -0.05) is 19.9 Å². The number of rotatable bonds is 8. The lowest BCUT2D eigenvalue weighted by Crippen LogP contribution is -2.37. The van der Waals surface area contributed by atoms with Crippen molar-refractivity contribution in [3.63, 3.8) is 0 Å². The summed E-state index contributed by atoms with van der Waals surface area (Å²) in [5.41, 5.74) is 6.68. The number of carbonyl (C=O) groups excluding carboxylic acids is 1. The lowest BCUT2D eigenvalue weighted by Gasteiger charge is -2.29. The molecule has 1 rings (SSSR count). The zero-order chi connectivity index (χ0) is 15.9. The van der Waals surface area contributed by atoms with Crippen molar-refractivity contribution in [3.05, 3.63) is 30.1 Å². The van der Waals surface area contributed by atoms with Gasteiger partial charge in [0.25, 0.3) is 0 Å². The Hall–Kier alpha value is -1.42. The van der Waals surface area contributed by atoms with E-state index in [0.717, 1.165) is 18.5 Å². The molecule has 0 aromatic carbocycles. The smallest absolute Gasteiger partial charge is 0.223 e. The second kappa shape index (κ2) is 8.13. The molecule has 4 nitrogen and oxygen atoms in total. The van der Waals surface area contributed by atoms with Crippen molar-refractivity contribution in [1.29, 1.82) is 0 Å².